The summed E-state index contributed by atoms with van der Waals surface area (Å²) in [6, 6.07) is 7.24. The van der Waals surface area contributed by atoms with E-state index in [1.165, 1.54) is 0 Å². The van der Waals surface area contributed by atoms with E-state index in [1.807, 2.05) is 45.3 Å². The summed E-state index contributed by atoms with van der Waals surface area (Å²) in [6.07, 6.45) is 1.84. The zero-order valence-electron chi connectivity index (χ0n) is 12.6. The first-order valence-corrected chi connectivity index (χ1v) is 7.77. The fourth-order valence-corrected chi connectivity index (χ4v) is 2.74. The fraction of sp³-hybridized carbons (Fsp3) is 0.250. The van der Waals surface area contributed by atoms with E-state index in [0.29, 0.717) is 17.3 Å². The number of benzene rings is 1. The highest BCUT2D eigenvalue weighted by atomic mass is 79.9. The number of aryl methyl sites for hydroxylation is 1. The van der Waals surface area contributed by atoms with Gasteiger partial charge in [-0.05, 0) is 40.2 Å². The number of halogens is 1. The van der Waals surface area contributed by atoms with Crippen LogP contribution in [0.15, 0.2) is 39.4 Å². The number of oxazole rings is 1. The molecule has 5 nitrogen and oxygen atoms in total. The average molecular weight is 362 g/mol. The van der Waals surface area contributed by atoms with Gasteiger partial charge in [0.1, 0.15) is 11.2 Å². The molecule has 1 amide bonds. The van der Waals surface area contributed by atoms with Crippen molar-refractivity contribution in [2.45, 2.75) is 19.8 Å². The SMILES string of the molecule is CC(C)c1nc2cc(NC(=O)c3cc(Br)cn3C)ccc2o1. The second-order valence-electron chi connectivity index (χ2n) is 5.50. The number of anilines is 1. The molecule has 2 heterocycles. The van der Waals surface area contributed by atoms with Crippen LogP contribution in [0, 0.1) is 0 Å². The Labute approximate surface area is 136 Å². The highest BCUT2D eigenvalue weighted by Gasteiger charge is 2.13. The lowest BCUT2D eigenvalue weighted by atomic mass is 10.2. The Bertz CT molecular complexity index is 848. The van der Waals surface area contributed by atoms with Gasteiger partial charge in [-0.25, -0.2) is 4.98 Å². The molecule has 0 saturated heterocycles. The first kappa shape index (κ1) is 14.8. The lowest BCUT2D eigenvalue weighted by Crippen LogP contribution is -2.15. The molecule has 1 N–H and O–H groups in total. The van der Waals surface area contributed by atoms with Gasteiger partial charge in [0, 0.05) is 29.3 Å². The third-order valence-corrected chi connectivity index (χ3v) is 3.79. The number of nitrogens with zero attached hydrogens (tertiary/aromatic N) is 2. The van der Waals surface area contributed by atoms with Crippen LogP contribution >= 0.6 is 15.9 Å². The first-order chi connectivity index (χ1) is 10.4. The molecule has 0 fully saturated rings. The van der Waals surface area contributed by atoms with Crippen molar-refractivity contribution in [1.29, 1.82) is 0 Å². The predicted molar refractivity (Wildman–Crippen MR) is 89.2 cm³/mol. The summed E-state index contributed by atoms with van der Waals surface area (Å²) in [5.41, 5.74) is 2.74. The van der Waals surface area contributed by atoms with E-state index < -0.39 is 0 Å². The number of amides is 1. The van der Waals surface area contributed by atoms with Crippen LogP contribution in [-0.2, 0) is 7.05 Å². The minimum atomic E-state index is -0.167. The van der Waals surface area contributed by atoms with Crippen LogP contribution in [0.25, 0.3) is 11.1 Å². The minimum absolute atomic E-state index is 0.167. The maximum Gasteiger partial charge on any atom is 0.272 e. The van der Waals surface area contributed by atoms with Gasteiger partial charge in [0.15, 0.2) is 11.5 Å². The molecule has 0 radical (unpaired) electrons. The van der Waals surface area contributed by atoms with Crippen LogP contribution in [0.4, 0.5) is 5.69 Å². The van der Waals surface area contributed by atoms with Crippen molar-refractivity contribution in [1.82, 2.24) is 9.55 Å². The van der Waals surface area contributed by atoms with Gasteiger partial charge in [0.05, 0.1) is 0 Å². The molecule has 0 bridgehead atoms. The van der Waals surface area contributed by atoms with E-state index in [-0.39, 0.29) is 11.8 Å². The van der Waals surface area contributed by atoms with Gasteiger partial charge >= 0.3 is 0 Å². The Morgan fingerprint density at radius 1 is 1.36 bits per heavy atom. The van der Waals surface area contributed by atoms with E-state index in [4.69, 9.17) is 4.42 Å². The van der Waals surface area contributed by atoms with E-state index in [1.54, 1.807) is 10.6 Å². The van der Waals surface area contributed by atoms with Gasteiger partial charge < -0.3 is 14.3 Å². The molecule has 0 aliphatic rings. The summed E-state index contributed by atoms with van der Waals surface area (Å²) in [6.45, 7) is 4.06. The van der Waals surface area contributed by atoms with Crippen molar-refractivity contribution in [3.05, 3.63) is 46.5 Å². The Morgan fingerprint density at radius 2 is 2.14 bits per heavy atom. The van der Waals surface area contributed by atoms with Crippen LogP contribution in [0.2, 0.25) is 0 Å². The minimum Gasteiger partial charge on any atom is -0.440 e. The highest BCUT2D eigenvalue weighted by molar-refractivity contribution is 9.10. The van der Waals surface area contributed by atoms with Crippen LogP contribution in [0.5, 0.6) is 0 Å². The van der Waals surface area contributed by atoms with Crippen molar-refractivity contribution in [3.63, 3.8) is 0 Å². The smallest absolute Gasteiger partial charge is 0.272 e. The van der Waals surface area contributed by atoms with E-state index in [9.17, 15) is 4.79 Å². The molecular weight excluding hydrogens is 346 g/mol. The Hall–Kier alpha value is -2.08. The maximum atomic E-state index is 12.3. The summed E-state index contributed by atoms with van der Waals surface area (Å²) >= 11 is 3.36. The van der Waals surface area contributed by atoms with E-state index >= 15 is 0 Å². The monoisotopic (exact) mass is 361 g/mol. The quantitative estimate of drug-likeness (QED) is 0.756. The molecule has 6 heteroatoms. The van der Waals surface area contributed by atoms with Crippen LogP contribution in [0.3, 0.4) is 0 Å². The molecule has 22 heavy (non-hydrogen) atoms. The number of hydrogen-bond donors (Lipinski definition) is 1. The number of aromatic nitrogens is 2. The molecule has 0 aliphatic carbocycles. The van der Waals surface area contributed by atoms with Crippen molar-refractivity contribution in [2.24, 2.45) is 7.05 Å². The van der Waals surface area contributed by atoms with Crippen LogP contribution in [-0.4, -0.2) is 15.5 Å². The third kappa shape index (κ3) is 2.78. The van der Waals surface area contributed by atoms with Crippen molar-refractivity contribution in [3.8, 4) is 0 Å². The zero-order valence-corrected chi connectivity index (χ0v) is 14.1. The molecule has 114 valence electrons. The average Bonchev–Trinajstić information content (AvgIpc) is 3.01. The summed E-state index contributed by atoms with van der Waals surface area (Å²) < 4.78 is 8.30. The number of nitrogens with one attached hydrogen (secondary N) is 1. The van der Waals surface area contributed by atoms with Gasteiger partial charge in [-0.2, -0.15) is 0 Å². The molecule has 1 aromatic carbocycles. The van der Waals surface area contributed by atoms with Gasteiger partial charge in [-0.3, -0.25) is 4.79 Å². The first-order valence-electron chi connectivity index (χ1n) is 6.98. The maximum absolute atomic E-state index is 12.3. The number of carbonyl (C=O) groups excluding carboxylic acids is 1. The Kier molecular flexibility index (Phi) is 3.78. The summed E-state index contributed by atoms with van der Waals surface area (Å²) in [4.78, 5) is 16.7. The van der Waals surface area contributed by atoms with Gasteiger partial charge in [-0.1, -0.05) is 13.8 Å². The molecule has 0 atom stereocenters. The van der Waals surface area contributed by atoms with Crippen LogP contribution < -0.4 is 5.32 Å². The van der Waals surface area contributed by atoms with E-state index in [2.05, 4.69) is 26.2 Å². The highest BCUT2D eigenvalue weighted by Crippen LogP contribution is 2.24. The van der Waals surface area contributed by atoms with Gasteiger partial charge in [-0.15, -0.1) is 0 Å². The van der Waals surface area contributed by atoms with E-state index in [0.717, 1.165) is 15.6 Å². The zero-order chi connectivity index (χ0) is 15.9. The fourth-order valence-electron chi connectivity index (χ4n) is 2.22. The molecule has 0 saturated carbocycles. The number of rotatable bonds is 3. The molecule has 2 aromatic heterocycles. The number of hydrogen-bond acceptors (Lipinski definition) is 3. The predicted octanol–water partition coefficient (Wildman–Crippen LogP) is 4.30. The largest absolute Gasteiger partial charge is 0.440 e. The third-order valence-electron chi connectivity index (χ3n) is 3.36. The molecule has 3 aromatic rings. The van der Waals surface area contributed by atoms with Crippen molar-refractivity contribution < 1.29 is 9.21 Å². The summed E-state index contributed by atoms with van der Waals surface area (Å²) in [7, 11) is 1.83. The Balaban J connectivity index is 1.87. The number of carbonyl (C=O) groups is 1. The van der Waals surface area contributed by atoms with Crippen molar-refractivity contribution >= 4 is 38.6 Å². The Morgan fingerprint density at radius 3 is 2.77 bits per heavy atom. The van der Waals surface area contributed by atoms with Crippen LogP contribution in [0.1, 0.15) is 36.1 Å². The van der Waals surface area contributed by atoms with Gasteiger partial charge in [0.2, 0.25) is 0 Å². The normalized spacial score (nSPS) is 11.3. The summed E-state index contributed by atoms with van der Waals surface area (Å²) in [5.74, 6) is 0.760. The standard InChI is InChI=1S/C16H16BrN3O2/c1-9(2)16-19-12-7-11(4-5-14(12)22-16)18-15(21)13-6-10(17)8-20(13)3/h4-9H,1-3H3,(H,18,21). The lowest BCUT2D eigenvalue weighted by Gasteiger charge is -2.05. The molecule has 0 unspecified atom stereocenters. The molecule has 3 rings (SSSR count). The molecule has 0 aliphatic heterocycles. The second-order valence-corrected chi connectivity index (χ2v) is 6.41. The van der Waals surface area contributed by atoms with Gasteiger partial charge in [0.25, 0.3) is 5.91 Å². The lowest BCUT2D eigenvalue weighted by molar-refractivity contribution is 0.101. The molecular formula is C16H16BrN3O2. The number of fused-ring (bicyclic) bond motifs is 1. The molecule has 0 spiro atoms. The topological polar surface area (TPSA) is 60.1 Å². The summed E-state index contributed by atoms with van der Waals surface area (Å²) in [5, 5.41) is 2.88. The second kappa shape index (κ2) is 5.61. The van der Waals surface area contributed by atoms with Crippen molar-refractivity contribution in [2.75, 3.05) is 5.32 Å².